The minimum atomic E-state index is -0.429. The third-order valence-corrected chi connectivity index (χ3v) is 3.92. The van der Waals surface area contributed by atoms with Crippen LogP contribution in [-0.4, -0.2) is 27.0 Å². The van der Waals surface area contributed by atoms with E-state index < -0.39 is 4.92 Å². The third kappa shape index (κ3) is 2.97. The molecule has 0 bridgehead atoms. The number of fused-ring (bicyclic) bond motifs is 1. The van der Waals surface area contributed by atoms with Crippen LogP contribution in [0.3, 0.4) is 0 Å². The molecule has 0 aliphatic heterocycles. The highest BCUT2D eigenvalue weighted by molar-refractivity contribution is 5.78. The predicted octanol–water partition coefficient (Wildman–Crippen LogP) is 2.51. The molecular formula is C14H18N4O3. The molecule has 1 saturated carbocycles. The quantitative estimate of drug-likeness (QED) is 0.513. The Kier molecular flexibility index (Phi) is 3.74. The maximum atomic E-state index is 10.8. The van der Waals surface area contributed by atoms with Crippen LogP contribution in [0.5, 0.6) is 6.01 Å². The van der Waals surface area contributed by atoms with Crippen LogP contribution < -0.4 is 10.5 Å². The molecule has 7 heteroatoms. The van der Waals surface area contributed by atoms with Gasteiger partial charge in [0.15, 0.2) is 0 Å². The summed E-state index contributed by atoms with van der Waals surface area (Å²) in [6, 6.07) is 4.90. The average Bonchev–Trinajstić information content (AvgIpc) is 2.75. The maximum Gasteiger partial charge on any atom is 0.294 e. The van der Waals surface area contributed by atoms with Gasteiger partial charge in [0.05, 0.1) is 16.0 Å². The van der Waals surface area contributed by atoms with Gasteiger partial charge in [-0.1, -0.05) is 12.8 Å². The summed E-state index contributed by atoms with van der Waals surface area (Å²) in [6.07, 6.45) is 5.23. The fourth-order valence-corrected chi connectivity index (χ4v) is 2.74. The van der Waals surface area contributed by atoms with Crippen LogP contribution in [0.1, 0.15) is 32.1 Å². The number of nitrogens with zero attached hydrogens (tertiary/aromatic N) is 2. The molecule has 3 rings (SSSR count). The number of hydrogen-bond acceptors (Lipinski definition) is 5. The Morgan fingerprint density at radius 3 is 2.95 bits per heavy atom. The number of nitrogens with one attached hydrogen (secondary N) is 1. The second-order valence-electron chi connectivity index (χ2n) is 5.46. The van der Waals surface area contributed by atoms with Crippen molar-refractivity contribution in [2.45, 2.75) is 44.2 Å². The number of aromatic nitrogens is 2. The van der Waals surface area contributed by atoms with Crippen molar-refractivity contribution >= 4 is 16.7 Å². The second-order valence-corrected chi connectivity index (χ2v) is 5.46. The monoisotopic (exact) mass is 290 g/mol. The zero-order chi connectivity index (χ0) is 14.8. The summed E-state index contributed by atoms with van der Waals surface area (Å²) in [4.78, 5) is 17.6. The number of imidazole rings is 1. The van der Waals surface area contributed by atoms with E-state index in [0.29, 0.717) is 17.0 Å². The molecule has 2 atom stereocenters. The van der Waals surface area contributed by atoms with Crippen molar-refractivity contribution in [3.05, 3.63) is 28.3 Å². The third-order valence-electron chi connectivity index (χ3n) is 3.92. The normalized spacial score (nSPS) is 22.9. The smallest absolute Gasteiger partial charge is 0.294 e. The Morgan fingerprint density at radius 2 is 2.14 bits per heavy atom. The summed E-state index contributed by atoms with van der Waals surface area (Å²) in [6.45, 7) is 0. The fourth-order valence-electron chi connectivity index (χ4n) is 2.74. The van der Waals surface area contributed by atoms with Gasteiger partial charge in [-0.2, -0.15) is 4.98 Å². The molecule has 1 aromatic heterocycles. The SMILES string of the molecule is NC1CCCCCC1Oc1nc2ccc([N+](=O)[O-])cc2[nH]1. The molecule has 1 heterocycles. The van der Waals surface area contributed by atoms with Gasteiger partial charge in [0.1, 0.15) is 6.10 Å². The van der Waals surface area contributed by atoms with E-state index in [2.05, 4.69) is 9.97 Å². The summed E-state index contributed by atoms with van der Waals surface area (Å²) < 4.78 is 5.87. The van der Waals surface area contributed by atoms with E-state index in [1.54, 1.807) is 6.07 Å². The molecule has 0 saturated heterocycles. The molecule has 3 N–H and O–H groups in total. The lowest BCUT2D eigenvalue weighted by Crippen LogP contribution is -2.38. The summed E-state index contributed by atoms with van der Waals surface area (Å²) in [5.41, 5.74) is 7.41. The zero-order valence-corrected chi connectivity index (χ0v) is 11.6. The van der Waals surface area contributed by atoms with Crippen molar-refractivity contribution in [3.8, 4) is 6.01 Å². The van der Waals surface area contributed by atoms with E-state index in [1.807, 2.05) is 0 Å². The molecular weight excluding hydrogens is 272 g/mol. The first-order valence-electron chi connectivity index (χ1n) is 7.20. The van der Waals surface area contributed by atoms with E-state index in [0.717, 1.165) is 25.7 Å². The van der Waals surface area contributed by atoms with Gasteiger partial charge >= 0.3 is 0 Å². The van der Waals surface area contributed by atoms with Crippen LogP contribution in [0.25, 0.3) is 11.0 Å². The number of non-ortho nitro benzene ring substituents is 1. The Balaban J connectivity index is 1.82. The largest absolute Gasteiger partial charge is 0.460 e. The number of ether oxygens (including phenoxy) is 1. The second kappa shape index (κ2) is 5.69. The van der Waals surface area contributed by atoms with E-state index in [4.69, 9.17) is 10.5 Å². The zero-order valence-electron chi connectivity index (χ0n) is 11.6. The lowest BCUT2D eigenvalue weighted by atomic mass is 10.1. The fraction of sp³-hybridized carbons (Fsp3) is 0.500. The van der Waals surface area contributed by atoms with Crippen LogP contribution in [0.15, 0.2) is 18.2 Å². The number of rotatable bonds is 3. The molecule has 1 aromatic carbocycles. The maximum absolute atomic E-state index is 10.8. The summed E-state index contributed by atoms with van der Waals surface area (Å²) in [5.74, 6) is 0. The Bertz CT molecular complexity index is 655. The van der Waals surface area contributed by atoms with Crippen LogP contribution in [0, 0.1) is 10.1 Å². The number of nitrogens with two attached hydrogens (primary N) is 1. The summed E-state index contributed by atoms with van der Waals surface area (Å²) >= 11 is 0. The minimum Gasteiger partial charge on any atom is -0.460 e. The van der Waals surface area contributed by atoms with Gasteiger partial charge in [-0.05, 0) is 25.3 Å². The van der Waals surface area contributed by atoms with Crippen molar-refractivity contribution in [2.24, 2.45) is 5.73 Å². The molecule has 1 aliphatic carbocycles. The number of hydrogen-bond donors (Lipinski definition) is 2. The van der Waals surface area contributed by atoms with Crippen LogP contribution in [-0.2, 0) is 0 Å². The molecule has 21 heavy (non-hydrogen) atoms. The van der Waals surface area contributed by atoms with E-state index >= 15 is 0 Å². The van der Waals surface area contributed by atoms with Crippen molar-refractivity contribution in [2.75, 3.05) is 0 Å². The number of nitro benzene ring substituents is 1. The Labute approximate surface area is 121 Å². The van der Waals surface area contributed by atoms with E-state index in [-0.39, 0.29) is 17.8 Å². The highest BCUT2D eigenvalue weighted by atomic mass is 16.6. The van der Waals surface area contributed by atoms with Crippen molar-refractivity contribution in [3.63, 3.8) is 0 Å². The first kappa shape index (κ1) is 13.8. The highest BCUT2D eigenvalue weighted by Crippen LogP contribution is 2.24. The van der Waals surface area contributed by atoms with Gasteiger partial charge in [0, 0.05) is 18.2 Å². The highest BCUT2D eigenvalue weighted by Gasteiger charge is 2.23. The number of benzene rings is 1. The molecule has 0 spiro atoms. The van der Waals surface area contributed by atoms with Gasteiger partial charge in [0.25, 0.3) is 11.7 Å². The number of H-pyrrole nitrogens is 1. The van der Waals surface area contributed by atoms with Gasteiger partial charge in [-0.3, -0.25) is 10.1 Å². The van der Waals surface area contributed by atoms with Crippen LogP contribution >= 0.6 is 0 Å². The molecule has 1 aliphatic rings. The van der Waals surface area contributed by atoms with E-state index in [1.165, 1.54) is 18.6 Å². The molecule has 7 nitrogen and oxygen atoms in total. The number of aromatic amines is 1. The lowest BCUT2D eigenvalue weighted by Gasteiger charge is -2.20. The van der Waals surface area contributed by atoms with Crippen molar-refractivity contribution < 1.29 is 9.66 Å². The predicted molar refractivity (Wildman–Crippen MR) is 78.2 cm³/mol. The van der Waals surface area contributed by atoms with Crippen LogP contribution in [0.2, 0.25) is 0 Å². The van der Waals surface area contributed by atoms with Gasteiger partial charge in [0.2, 0.25) is 0 Å². The topological polar surface area (TPSA) is 107 Å². The van der Waals surface area contributed by atoms with Gasteiger partial charge < -0.3 is 15.5 Å². The molecule has 2 aromatic rings. The molecule has 1 fully saturated rings. The first-order valence-corrected chi connectivity index (χ1v) is 7.20. The Hall–Kier alpha value is -2.15. The molecule has 0 radical (unpaired) electrons. The summed E-state index contributed by atoms with van der Waals surface area (Å²) in [7, 11) is 0. The van der Waals surface area contributed by atoms with Gasteiger partial charge in [-0.25, -0.2) is 0 Å². The Morgan fingerprint density at radius 1 is 1.33 bits per heavy atom. The summed E-state index contributed by atoms with van der Waals surface area (Å²) in [5, 5.41) is 10.8. The number of nitro groups is 1. The first-order chi connectivity index (χ1) is 10.1. The molecule has 2 unspecified atom stereocenters. The molecule has 112 valence electrons. The minimum absolute atomic E-state index is 0.00930. The lowest BCUT2D eigenvalue weighted by molar-refractivity contribution is -0.384. The van der Waals surface area contributed by atoms with Crippen molar-refractivity contribution in [1.29, 1.82) is 0 Å². The standard InChI is InChI=1S/C14H18N4O3/c15-10-4-2-1-3-5-13(10)21-14-16-11-7-6-9(18(19)20)8-12(11)17-14/h6-8,10,13H,1-5,15H2,(H,16,17). The van der Waals surface area contributed by atoms with Crippen molar-refractivity contribution in [1.82, 2.24) is 9.97 Å². The van der Waals surface area contributed by atoms with Crippen LogP contribution in [0.4, 0.5) is 5.69 Å². The average molecular weight is 290 g/mol. The van der Waals surface area contributed by atoms with E-state index in [9.17, 15) is 10.1 Å². The molecule has 0 amide bonds. The van der Waals surface area contributed by atoms with Gasteiger partial charge in [-0.15, -0.1) is 0 Å².